The second-order valence-electron chi connectivity index (χ2n) is 3.59. The number of thiol groups is 1. The first kappa shape index (κ1) is 20.2. The van der Waals surface area contributed by atoms with E-state index >= 15 is 0 Å². The Hall–Kier alpha value is -1.09. The molecule has 0 amide bonds. The van der Waals surface area contributed by atoms with Crippen molar-refractivity contribution in [2.45, 2.75) is 53.9 Å². The highest BCUT2D eigenvalue weighted by Crippen LogP contribution is 2.09. The summed E-state index contributed by atoms with van der Waals surface area (Å²) in [7, 11) is 0. The molecule has 0 aromatic heterocycles. The van der Waals surface area contributed by atoms with Gasteiger partial charge in [-0.2, -0.15) is 0 Å². The number of Topliss-reactive ketones (excluding diaryl/α,β-unsaturated/α-hetero) is 1. The van der Waals surface area contributed by atoms with Crippen LogP contribution in [0.5, 0.6) is 0 Å². The summed E-state index contributed by atoms with van der Waals surface area (Å²) in [4.78, 5) is 21.6. The SMILES string of the molecule is CC.CC.CC(=O)CCc1cccc(CC(=O)S)c1. The van der Waals surface area contributed by atoms with Crippen molar-refractivity contribution in [1.82, 2.24) is 0 Å². The lowest BCUT2D eigenvalue weighted by Gasteiger charge is -2.02. The molecular weight excluding hydrogens is 256 g/mol. The summed E-state index contributed by atoms with van der Waals surface area (Å²) in [6.07, 6.45) is 1.64. The Balaban J connectivity index is 0. The summed E-state index contributed by atoms with van der Waals surface area (Å²) in [5.74, 6) is 0.186. The molecule has 1 aromatic carbocycles. The number of hydrogen-bond donors (Lipinski definition) is 1. The van der Waals surface area contributed by atoms with Gasteiger partial charge >= 0.3 is 0 Å². The minimum atomic E-state index is -0.140. The molecule has 1 rings (SSSR count). The average molecular weight is 282 g/mol. The number of hydrogen-bond acceptors (Lipinski definition) is 2. The third-order valence-electron chi connectivity index (χ3n) is 2.11. The van der Waals surface area contributed by atoms with Gasteiger partial charge < -0.3 is 4.79 Å². The molecule has 0 aliphatic heterocycles. The lowest BCUT2D eigenvalue weighted by Crippen LogP contribution is -1.97. The van der Waals surface area contributed by atoms with Crippen LogP contribution in [0.3, 0.4) is 0 Å². The normalized spacial score (nSPS) is 8.53. The molecule has 0 fully saturated rings. The van der Waals surface area contributed by atoms with Gasteiger partial charge in [0.25, 0.3) is 0 Å². The minimum Gasteiger partial charge on any atom is -0.300 e. The fourth-order valence-electron chi connectivity index (χ4n) is 1.39. The van der Waals surface area contributed by atoms with E-state index < -0.39 is 0 Å². The summed E-state index contributed by atoms with van der Waals surface area (Å²) < 4.78 is 0. The van der Waals surface area contributed by atoms with Crippen LogP contribution in [-0.4, -0.2) is 10.9 Å². The Kier molecular flexibility index (Phi) is 14.2. The highest BCUT2D eigenvalue weighted by Gasteiger charge is 2.01. The molecule has 0 unspecified atom stereocenters. The maximum atomic E-state index is 10.8. The molecule has 0 atom stereocenters. The van der Waals surface area contributed by atoms with Crippen LogP contribution in [0.25, 0.3) is 0 Å². The molecule has 0 saturated heterocycles. The predicted molar refractivity (Wildman–Crippen MR) is 85.8 cm³/mol. The van der Waals surface area contributed by atoms with Gasteiger partial charge in [0.15, 0.2) is 5.12 Å². The number of ketones is 1. The zero-order valence-electron chi connectivity index (χ0n) is 12.7. The molecule has 0 radical (unpaired) electrons. The second-order valence-corrected chi connectivity index (χ2v) is 4.09. The van der Waals surface area contributed by atoms with Crippen LogP contribution in [0.2, 0.25) is 0 Å². The topological polar surface area (TPSA) is 34.1 Å². The highest BCUT2D eigenvalue weighted by atomic mass is 32.1. The molecule has 0 aliphatic rings. The zero-order chi connectivity index (χ0) is 15.3. The highest BCUT2D eigenvalue weighted by molar-refractivity contribution is 7.96. The van der Waals surface area contributed by atoms with Crippen LogP contribution in [0.1, 0.15) is 52.2 Å². The third kappa shape index (κ3) is 11.7. The molecule has 0 spiro atoms. The van der Waals surface area contributed by atoms with E-state index in [-0.39, 0.29) is 10.9 Å². The van der Waals surface area contributed by atoms with Crippen molar-refractivity contribution in [2.75, 3.05) is 0 Å². The zero-order valence-corrected chi connectivity index (χ0v) is 13.6. The molecule has 108 valence electrons. The monoisotopic (exact) mass is 282 g/mol. The summed E-state index contributed by atoms with van der Waals surface area (Å²) >= 11 is 3.74. The summed E-state index contributed by atoms with van der Waals surface area (Å²) in [5.41, 5.74) is 2.05. The summed E-state index contributed by atoms with van der Waals surface area (Å²) in [6, 6.07) is 7.72. The Morgan fingerprint density at radius 2 is 1.58 bits per heavy atom. The Labute approximate surface area is 123 Å². The van der Waals surface area contributed by atoms with E-state index in [0.717, 1.165) is 17.5 Å². The van der Waals surface area contributed by atoms with Crippen LogP contribution in [0.4, 0.5) is 0 Å². The van der Waals surface area contributed by atoms with E-state index in [1.165, 1.54) is 0 Å². The quantitative estimate of drug-likeness (QED) is 0.819. The number of carbonyl (C=O) groups excluding carboxylic acids is 2. The third-order valence-corrected chi connectivity index (χ3v) is 2.27. The van der Waals surface area contributed by atoms with Gasteiger partial charge in [-0.05, 0) is 24.5 Å². The molecular formula is C16H26O2S. The van der Waals surface area contributed by atoms with Gasteiger partial charge in [0.05, 0.1) is 0 Å². The van der Waals surface area contributed by atoms with E-state index in [1.54, 1.807) is 6.92 Å². The molecule has 2 nitrogen and oxygen atoms in total. The van der Waals surface area contributed by atoms with Gasteiger partial charge in [-0.25, -0.2) is 0 Å². The molecule has 3 heteroatoms. The molecule has 1 aromatic rings. The largest absolute Gasteiger partial charge is 0.300 e. The minimum absolute atomic E-state index is 0.140. The lowest BCUT2D eigenvalue weighted by atomic mass is 10.0. The summed E-state index contributed by atoms with van der Waals surface area (Å²) in [6.45, 7) is 9.58. The van der Waals surface area contributed by atoms with Gasteiger partial charge in [0, 0.05) is 12.8 Å². The molecule has 0 heterocycles. The van der Waals surface area contributed by atoms with Crippen molar-refractivity contribution in [2.24, 2.45) is 0 Å². The second kappa shape index (κ2) is 13.3. The van der Waals surface area contributed by atoms with Gasteiger partial charge in [-0.3, -0.25) is 4.79 Å². The van der Waals surface area contributed by atoms with Crippen LogP contribution in [-0.2, 0) is 22.4 Å². The first-order chi connectivity index (χ1) is 9.08. The maximum Gasteiger partial charge on any atom is 0.190 e. The van der Waals surface area contributed by atoms with Crippen molar-refractivity contribution in [3.05, 3.63) is 35.4 Å². The first-order valence-corrected chi connectivity index (χ1v) is 7.31. The molecule has 0 bridgehead atoms. The fraction of sp³-hybridized carbons (Fsp3) is 0.500. The molecule has 0 saturated carbocycles. The Morgan fingerprint density at radius 1 is 1.05 bits per heavy atom. The number of aryl methyl sites for hydroxylation is 1. The van der Waals surface area contributed by atoms with Crippen molar-refractivity contribution in [1.29, 1.82) is 0 Å². The standard InChI is InChI=1S/C12H14O2S.2C2H6/c1-9(13)5-6-10-3-2-4-11(7-10)8-12(14)15;2*1-2/h2-4,7H,5-6,8H2,1H3,(H,14,15);2*1-2H3. The summed E-state index contributed by atoms with van der Waals surface area (Å²) in [5, 5.41) is -0.140. The number of rotatable bonds is 5. The van der Waals surface area contributed by atoms with E-state index in [4.69, 9.17) is 0 Å². The van der Waals surface area contributed by atoms with E-state index in [0.29, 0.717) is 12.8 Å². The van der Waals surface area contributed by atoms with Crippen LogP contribution < -0.4 is 0 Å². The maximum absolute atomic E-state index is 10.8. The first-order valence-electron chi connectivity index (χ1n) is 6.87. The molecule has 0 aliphatic carbocycles. The van der Waals surface area contributed by atoms with Crippen LogP contribution in [0, 0.1) is 0 Å². The number of carbonyl (C=O) groups is 2. The van der Waals surface area contributed by atoms with Crippen molar-refractivity contribution in [3.8, 4) is 0 Å². The fourth-order valence-corrected chi connectivity index (χ4v) is 1.57. The van der Waals surface area contributed by atoms with E-state index in [2.05, 4.69) is 12.6 Å². The predicted octanol–water partition coefficient (Wildman–Crippen LogP) is 4.26. The molecule has 19 heavy (non-hydrogen) atoms. The van der Waals surface area contributed by atoms with Crippen LogP contribution >= 0.6 is 12.6 Å². The Bertz CT molecular complexity index is 373. The van der Waals surface area contributed by atoms with Crippen molar-refractivity contribution < 1.29 is 9.59 Å². The van der Waals surface area contributed by atoms with Crippen molar-refractivity contribution in [3.63, 3.8) is 0 Å². The van der Waals surface area contributed by atoms with Gasteiger partial charge in [0.1, 0.15) is 5.78 Å². The van der Waals surface area contributed by atoms with Gasteiger partial charge in [0.2, 0.25) is 0 Å². The number of benzene rings is 1. The van der Waals surface area contributed by atoms with Crippen molar-refractivity contribution >= 4 is 23.5 Å². The van der Waals surface area contributed by atoms with Crippen LogP contribution in [0.15, 0.2) is 24.3 Å². The molecule has 0 N–H and O–H groups in total. The Morgan fingerprint density at radius 3 is 2.05 bits per heavy atom. The lowest BCUT2D eigenvalue weighted by molar-refractivity contribution is -0.117. The smallest absolute Gasteiger partial charge is 0.190 e. The van der Waals surface area contributed by atoms with Gasteiger partial charge in [-0.1, -0.05) is 52.0 Å². The van der Waals surface area contributed by atoms with E-state index in [1.807, 2.05) is 52.0 Å². The van der Waals surface area contributed by atoms with Gasteiger partial charge in [-0.15, -0.1) is 12.6 Å². The van der Waals surface area contributed by atoms with E-state index in [9.17, 15) is 9.59 Å². The average Bonchev–Trinajstić information content (AvgIpc) is 2.41.